The summed E-state index contributed by atoms with van der Waals surface area (Å²) in [6.45, 7) is 8.11. The molecule has 1 atom stereocenters. The number of anilines is 2. The molecule has 5 rings (SSSR count). The van der Waals surface area contributed by atoms with E-state index in [9.17, 15) is 14.4 Å². The minimum atomic E-state index is -0.455. The van der Waals surface area contributed by atoms with E-state index in [1.165, 1.54) is 34.2 Å². The van der Waals surface area contributed by atoms with Crippen LogP contribution >= 0.6 is 23.1 Å². The van der Waals surface area contributed by atoms with Crippen molar-refractivity contribution >= 4 is 57.7 Å². The molecule has 0 aliphatic carbocycles. The topological polar surface area (TPSA) is 100 Å². The first-order valence-electron chi connectivity index (χ1n) is 15.2. The van der Waals surface area contributed by atoms with Crippen molar-refractivity contribution in [2.45, 2.75) is 43.8 Å². The van der Waals surface area contributed by atoms with Crippen LogP contribution in [-0.2, 0) is 9.59 Å². The van der Waals surface area contributed by atoms with Gasteiger partial charge in [-0.2, -0.15) is 0 Å². The third-order valence-electron chi connectivity index (χ3n) is 7.32. The van der Waals surface area contributed by atoms with E-state index in [0.717, 1.165) is 21.7 Å². The molecule has 7 nitrogen and oxygen atoms in total. The Bertz CT molecular complexity index is 1870. The van der Waals surface area contributed by atoms with Gasteiger partial charge in [-0.25, -0.2) is 4.98 Å². The largest absolute Gasteiger partial charge is 0.321 e. The van der Waals surface area contributed by atoms with E-state index in [4.69, 9.17) is 0 Å². The lowest BCUT2D eigenvalue weighted by Gasteiger charge is -2.13. The molecule has 0 bridgehead atoms. The van der Waals surface area contributed by atoms with E-state index < -0.39 is 5.91 Å². The Morgan fingerprint density at radius 2 is 1.49 bits per heavy atom. The molecule has 9 heteroatoms. The van der Waals surface area contributed by atoms with Gasteiger partial charge in [0.25, 0.3) is 11.8 Å². The van der Waals surface area contributed by atoms with Crippen molar-refractivity contribution in [3.63, 3.8) is 0 Å². The number of amides is 3. The summed E-state index contributed by atoms with van der Waals surface area (Å²) in [5.41, 5.74) is 6.09. The predicted molar refractivity (Wildman–Crippen MR) is 194 cm³/mol. The zero-order valence-electron chi connectivity index (χ0n) is 26.6. The summed E-state index contributed by atoms with van der Waals surface area (Å²) in [5.74, 6) is -0.608. The van der Waals surface area contributed by atoms with Crippen molar-refractivity contribution in [1.82, 2.24) is 10.3 Å². The molecule has 1 unspecified atom stereocenters. The van der Waals surface area contributed by atoms with Gasteiger partial charge in [-0.3, -0.25) is 14.4 Å². The molecule has 1 heterocycles. The minimum absolute atomic E-state index is 0.118. The maximum atomic E-state index is 13.4. The number of rotatable bonds is 11. The molecule has 47 heavy (non-hydrogen) atoms. The fourth-order valence-corrected chi connectivity index (χ4v) is 6.14. The summed E-state index contributed by atoms with van der Waals surface area (Å²) in [5, 5.41) is 10.7. The molecule has 1 aromatic heterocycles. The lowest BCUT2D eigenvalue weighted by Crippen LogP contribution is -2.30. The first-order chi connectivity index (χ1) is 22.6. The van der Waals surface area contributed by atoms with Crippen LogP contribution in [-0.4, -0.2) is 28.0 Å². The van der Waals surface area contributed by atoms with Gasteiger partial charge in [-0.05, 0) is 73.4 Å². The maximum Gasteiger partial charge on any atom is 0.272 e. The Morgan fingerprint density at radius 1 is 0.809 bits per heavy atom. The van der Waals surface area contributed by atoms with Crippen molar-refractivity contribution in [2.24, 2.45) is 0 Å². The third kappa shape index (κ3) is 9.28. The van der Waals surface area contributed by atoms with E-state index in [0.29, 0.717) is 22.3 Å². The Balaban J connectivity index is 1.22. The van der Waals surface area contributed by atoms with Gasteiger partial charge in [0.15, 0.2) is 5.13 Å². The SMILES string of the molecule is Cc1ccc(-c2csc(NC(=O)C(C)Sc3ccc(NC(=O)/C(=C/c4ccc(C(C)C)cc4)NC(=O)c4ccccc4)cc3)n2)cc1. The lowest BCUT2D eigenvalue weighted by molar-refractivity contribution is -0.115. The number of nitrogens with zero attached hydrogens (tertiary/aromatic N) is 1. The van der Waals surface area contributed by atoms with Gasteiger partial charge in [0, 0.05) is 27.1 Å². The van der Waals surface area contributed by atoms with Crippen LogP contribution in [0.3, 0.4) is 0 Å². The summed E-state index contributed by atoms with van der Waals surface area (Å²) in [6, 6.07) is 32.0. The number of aromatic nitrogens is 1. The highest BCUT2D eigenvalue weighted by Crippen LogP contribution is 2.28. The molecule has 0 saturated carbocycles. The first-order valence-corrected chi connectivity index (χ1v) is 17.0. The highest BCUT2D eigenvalue weighted by molar-refractivity contribution is 8.00. The number of thioether (sulfide) groups is 1. The van der Waals surface area contributed by atoms with Crippen molar-refractivity contribution in [3.05, 3.63) is 136 Å². The van der Waals surface area contributed by atoms with Gasteiger partial charge >= 0.3 is 0 Å². The van der Waals surface area contributed by atoms with Crippen molar-refractivity contribution < 1.29 is 14.4 Å². The standard InChI is InChI=1S/C38H36N4O3S2/c1-24(2)28-16-12-27(13-17-28)22-33(40-36(44)30-8-6-5-7-9-30)37(45)39-31-18-20-32(21-19-31)47-26(4)35(43)42-38-41-34(23-46-38)29-14-10-25(3)11-15-29/h5-24,26H,1-4H3,(H,39,45)(H,40,44)(H,41,42,43)/b33-22-. The highest BCUT2D eigenvalue weighted by atomic mass is 32.2. The summed E-state index contributed by atoms with van der Waals surface area (Å²) in [7, 11) is 0. The quantitative estimate of drug-likeness (QED) is 0.0972. The number of hydrogen-bond acceptors (Lipinski definition) is 6. The van der Waals surface area contributed by atoms with Crippen LogP contribution in [0.15, 0.2) is 119 Å². The molecule has 3 amide bonds. The Kier molecular flexibility index (Phi) is 11.0. The molecule has 3 N–H and O–H groups in total. The van der Waals surface area contributed by atoms with E-state index in [2.05, 4.69) is 34.8 Å². The van der Waals surface area contributed by atoms with Crippen LogP contribution in [0.5, 0.6) is 0 Å². The molecule has 0 saturated heterocycles. The average Bonchev–Trinajstić information content (AvgIpc) is 3.54. The second-order valence-electron chi connectivity index (χ2n) is 11.3. The summed E-state index contributed by atoms with van der Waals surface area (Å²) in [4.78, 5) is 44.8. The average molecular weight is 661 g/mol. The zero-order valence-corrected chi connectivity index (χ0v) is 28.2. The second kappa shape index (κ2) is 15.5. The van der Waals surface area contributed by atoms with Crippen molar-refractivity contribution in [2.75, 3.05) is 10.6 Å². The number of hydrogen-bond donors (Lipinski definition) is 3. The van der Waals surface area contributed by atoms with Crippen molar-refractivity contribution in [3.8, 4) is 11.3 Å². The molecular weight excluding hydrogens is 625 g/mol. The monoisotopic (exact) mass is 660 g/mol. The molecule has 0 aliphatic heterocycles. The summed E-state index contributed by atoms with van der Waals surface area (Å²) < 4.78 is 0. The van der Waals surface area contributed by atoms with Crippen LogP contribution in [0.4, 0.5) is 10.8 Å². The second-order valence-corrected chi connectivity index (χ2v) is 13.6. The normalized spacial score (nSPS) is 12.0. The fourth-order valence-electron chi connectivity index (χ4n) is 4.55. The van der Waals surface area contributed by atoms with Crippen LogP contribution in [0.2, 0.25) is 0 Å². The zero-order chi connectivity index (χ0) is 33.3. The molecular formula is C38H36N4O3S2. The highest BCUT2D eigenvalue weighted by Gasteiger charge is 2.18. The molecule has 238 valence electrons. The van der Waals surface area contributed by atoms with E-state index in [-0.39, 0.29) is 22.8 Å². The van der Waals surface area contributed by atoms with Gasteiger partial charge < -0.3 is 16.0 Å². The number of thiazole rings is 1. The van der Waals surface area contributed by atoms with Crippen LogP contribution in [0.25, 0.3) is 17.3 Å². The van der Waals surface area contributed by atoms with Gasteiger partial charge in [0.2, 0.25) is 5.91 Å². The Labute approximate surface area is 283 Å². The molecule has 4 aromatic carbocycles. The number of carbonyl (C=O) groups excluding carboxylic acids is 3. The lowest BCUT2D eigenvalue weighted by atomic mass is 10.0. The molecule has 0 radical (unpaired) electrons. The molecule has 5 aromatic rings. The van der Waals surface area contributed by atoms with Gasteiger partial charge in [0.1, 0.15) is 5.70 Å². The van der Waals surface area contributed by atoms with Gasteiger partial charge in [0.05, 0.1) is 10.9 Å². The smallest absolute Gasteiger partial charge is 0.272 e. The Hall–Kier alpha value is -4.99. The minimum Gasteiger partial charge on any atom is -0.321 e. The summed E-state index contributed by atoms with van der Waals surface area (Å²) in [6.07, 6.45) is 1.66. The molecule has 0 aliphatic rings. The number of aryl methyl sites for hydroxylation is 1. The number of carbonyl (C=O) groups is 3. The summed E-state index contributed by atoms with van der Waals surface area (Å²) >= 11 is 2.80. The molecule has 0 fully saturated rings. The first kappa shape index (κ1) is 33.4. The van der Waals surface area contributed by atoms with Gasteiger partial charge in [-0.1, -0.05) is 86.1 Å². The van der Waals surface area contributed by atoms with Crippen LogP contribution in [0.1, 0.15) is 53.7 Å². The van der Waals surface area contributed by atoms with E-state index in [1.807, 2.05) is 86.0 Å². The van der Waals surface area contributed by atoms with E-state index >= 15 is 0 Å². The molecule has 0 spiro atoms. The fraction of sp³-hybridized carbons (Fsp3) is 0.158. The predicted octanol–water partition coefficient (Wildman–Crippen LogP) is 8.77. The Morgan fingerprint density at radius 3 is 2.15 bits per heavy atom. The number of nitrogens with one attached hydrogen (secondary N) is 3. The van der Waals surface area contributed by atoms with Crippen LogP contribution < -0.4 is 16.0 Å². The number of benzene rings is 4. The third-order valence-corrected chi connectivity index (χ3v) is 9.19. The maximum absolute atomic E-state index is 13.4. The van der Waals surface area contributed by atoms with E-state index in [1.54, 1.807) is 42.5 Å². The van der Waals surface area contributed by atoms with Crippen LogP contribution in [0, 0.1) is 6.92 Å². The van der Waals surface area contributed by atoms with Crippen molar-refractivity contribution in [1.29, 1.82) is 0 Å². The van der Waals surface area contributed by atoms with Gasteiger partial charge in [-0.15, -0.1) is 23.1 Å².